The van der Waals surface area contributed by atoms with Gasteiger partial charge in [-0.2, -0.15) is 13.2 Å². The van der Waals surface area contributed by atoms with Gasteiger partial charge in [-0.1, -0.05) is 12.1 Å². The van der Waals surface area contributed by atoms with Gasteiger partial charge in [0.2, 0.25) is 0 Å². The molecule has 1 saturated heterocycles. The maximum Gasteiger partial charge on any atom is 0.416 e. The first-order chi connectivity index (χ1) is 11.0. The fraction of sp³-hybridized carbons (Fsp3) is 0.429. The highest BCUT2D eigenvalue weighted by Gasteiger charge is 2.51. The van der Waals surface area contributed by atoms with Gasteiger partial charge in [-0.25, -0.2) is 8.78 Å². The molecule has 1 fully saturated rings. The van der Waals surface area contributed by atoms with Crippen LogP contribution in [0.25, 0.3) is 0 Å². The van der Waals surface area contributed by atoms with Gasteiger partial charge in [0, 0.05) is 13.0 Å². The van der Waals surface area contributed by atoms with Gasteiger partial charge >= 0.3 is 6.18 Å². The lowest BCUT2D eigenvalue weighted by Gasteiger charge is -2.27. The van der Waals surface area contributed by atoms with Crippen LogP contribution in [0.5, 0.6) is 0 Å². The summed E-state index contributed by atoms with van der Waals surface area (Å²) in [6.07, 6.45) is -4.96. The summed E-state index contributed by atoms with van der Waals surface area (Å²) in [6, 6.07) is 2.55. The topological polar surface area (TPSA) is 91.5 Å². The first-order valence-corrected chi connectivity index (χ1v) is 6.97. The molecule has 0 spiro atoms. The number of nitrogens with two attached hydrogens (primary N) is 2. The number of nitrogens with zero attached hydrogens (tertiary/aromatic N) is 2. The van der Waals surface area contributed by atoms with Gasteiger partial charge < -0.3 is 16.4 Å². The van der Waals surface area contributed by atoms with Crippen LogP contribution in [0, 0.1) is 5.41 Å². The van der Waals surface area contributed by atoms with Gasteiger partial charge in [-0.3, -0.25) is 10.4 Å². The van der Waals surface area contributed by atoms with Crippen molar-refractivity contribution >= 4 is 11.8 Å². The van der Waals surface area contributed by atoms with Gasteiger partial charge in [0.05, 0.1) is 12.1 Å². The molecule has 1 aliphatic rings. The van der Waals surface area contributed by atoms with Crippen LogP contribution in [0.3, 0.4) is 0 Å². The van der Waals surface area contributed by atoms with Crippen LogP contribution >= 0.6 is 0 Å². The molecule has 1 aromatic carbocycles. The van der Waals surface area contributed by atoms with E-state index in [0.717, 1.165) is 17.0 Å². The number of likely N-dealkylation sites (tertiary alicyclic amines) is 1. The zero-order valence-corrected chi connectivity index (χ0v) is 12.4. The molecular weight excluding hydrogens is 333 g/mol. The average molecular weight is 349 g/mol. The molecule has 1 heterocycles. The van der Waals surface area contributed by atoms with Crippen molar-refractivity contribution in [1.29, 1.82) is 5.41 Å². The van der Waals surface area contributed by atoms with Gasteiger partial charge in [0.25, 0.3) is 5.92 Å². The molecule has 0 aromatic heterocycles. The van der Waals surface area contributed by atoms with Crippen LogP contribution < -0.4 is 11.5 Å². The number of nitrogens with one attached hydrogen (secondary N) is 1. The monoisotopic (exact) mass is 349 g/mol. The summed E-state index contributed by atoms with van der Waals surface area (Å²) in [7, 11) is 0. The van der Waals surface area contributed by atoms with Crippen molar-refractivity contribution in [3.05, 3.63) is 35.4 Å². The third-order valence-electron chi connectivity index (χ3n) is 3.71. The lowest BCUT2D eigenvalue weighted by atomic mass is 10.1. The zero-order valence-electron chi connectivity index (χ0n) is 12.4. The Kier molecular flexibility index (Phi) is 4.68. The Morgan fingerprint density at radius 3 is 2.33 bits per heavy atom. The van der Waals surface area contributed by atoms with Crippen LogP contribution in [-0.2, 0) is 12.7 Å². The Bertz CT molecular complexity index is 638. The van der Waals surface area contributed by atoms with Gasteiger partial charge in [-0.05, 0) is 17.7 Å². The fourth-order valence-corrected chi connectivity index (χ4v) is 2.47. The minimum Gasteiger partial charge on any atom is -0.386 e. The number of halogens is 5. The Morgan fingerprint density at radius 2 is 1.83 bits per heavy atom. The molecule has 1 atom stereocenters. The van der Waals surface area contributed by atoms with Crippen molar-refractivity contribution in [3.8, 4) is 0 Å². The standard InChI is InChI=1S/C14H16F5N5/c15-13(16)5-6-24(12(21)22)10(13)11(20)23-7-8-1-3-9(4-2-8)14(17,18)19/h1-4,10H,5-7H2,(H2,20,23)(H3,21,22). The smallest absolute Gasteiger partial charge is 0.386 e. The van der Waals surface area contributed by atoms with Gasteiger partial charge in [0.15, 0.2) is 12.0 Å². The molecule has 10 heteroatoms. The van der Waals surface area contributed by atoms with E-state index in [1.165, 1.54) is 12.1 Å². The highest BCUT2D eigenvalue weighted by molar-refractivity contribution is 5.91. The number of rotatable bonds is 3. The van der Waals surface area contributed by atoms with Gasteiger partial charge in [0.1, 0.15) is 5.84 Å². The van der Waals surface area contributed by atoms with E-state index < -0.39 is 41.9 Å². The second-order valence-electron chi connectivity index (χ2n) is 5.43. The lowest BCUT2D eigenvalue weighted by Crippen LogP contribution is -2.52. The maximum absolute atomic E-state index is 13.9. The molecule has 0 aliphatic carbocycles. The third kappa shape index (κ3) is 3.74. The van der Waals surface area contributed by atoms with Crippen molar-refractivity contribution in [2.75, 3.05) is 6.54 Å². The number of benzene rings is 1. The quantitative estimate of drug-likeness (QED) is 0.444. The Morgan fingerprint density at radius 1 is 1.25 bits per heavy atom. The summed E-state index contributed by atoms with van der Waals surface area (Å²) >= 11 is 0. The first-order valence-electron chi connectivity index (χ1n) is 6.97. The Hall–Kier alpha value is -2.39. The molecule has 0 radical (unpaired) electrons. The van der Waals surface area contributed by atoms with E-state index in [2.05, 4.69) is 4.99 Å². The Balaban J connectivity index is 2.14. The number of hydrogen-bond donors (Lipinski definition) is 3. The average Bonchev–Trinajstić information content (AvgIpc) is 2.80. The largest absolute Gasteiger partial charge is 0.416 e. The van der Waals surface area contributed by atoms with Crippen LogP contribution in [0.1, 0.15) is 17.5 Å². The maximum atomic E-state index is 13.9. The van der Waals surface area contributed by atoms with E-state index >= 15 is 0 Å². The van der Waals surface area contributed by atoms with Crippen molar-refractivity contribution < 1.29 is 22.0 Å². The number of hydrogen-bond acceptors (Lipinski definition) is 2. The Labute approximate surface area is 134 Å². The van der Waals surface area contributed by atoms with Crippen molar-refractivity contribution in [2.45, 2.75) is 31.1 Å². The normalized spacial score (nSPS) is 21.1. The molecular formula is C14H16F5N5. The molecule has 0 amide bonds. The van der Waals surface area contributed by atoms with Crippen LogP contribution in [0.4, 0.5) is 22.0 Å². The third-order valence-corrected chi connectivity index (χ3v) is 3.71. The highest BCUT2D eigenvalue weighted by atomic mass is 19.4. The van der Waals surface area contributed by atoms with Gasteiger partial charge in [-0.15, -0.1) is 0 Å². The summed E-state index contributed by atoms with van der Waals surface area (Å²) < 4.78 is 65.2. The molecule has 1 aromatic rings. The molecule has 0 saturated carbocycles. The molecule has 0 bridgehead atoms. The predicted octanol–water partition coefficient (Wildman–Crippen LogP) is 2.17. The summed E-state index contributed by atoms with van der Waals surface area (Å²) in [5, 5.41) is 7.32. The lowest BCUT2D eigenvalue weighted by molar-refractivity contribution is -0.137. The molecule has 132 valence electrons. The predicted molar refractivity (Wildman–Crippen MR) is 78.7 cm³/mol. The van der Waals surface area contributed by atoms with Crippen molar-refractivity contribution in [1.82, 2.24) is 4.90 Å². The number of aliphatic imine (C=N–C) groups is 1. The number of amidine groups is 1. The minimum atomic E-state index is -4.45. The first kappa shape index (κ1) is 18.0. The van der Waals surface area contributed by atoms with E-state index in [1.54, 1.807) is 0 Å². The van der Waals surface area contributed by atoms with E-state index in [4.69, 9.17) is 16.9 Å². The molecule has 5 N–H and O–H groups in total. The van der Waals surface area contributed by atoms with Crippen molar-refractivity contribution in [2.24, 2.45) is 16.5 Å². The van der Waals surface area contributed by atoms with E-state index in [0.29, 0.717) is 5.56 Å². The fourth-order valence-electron chi connectivity index (χ4n) is 2.47. The number of alkyl halides is 5. The van der Waals surface area contributed by atoms with Crippen molar-refractivity contribution in [3.63, 3.8) is 0 Å². The SMILES string of the molecule is N=C(N)N1CCC(F)(F)C1C(N)=NCc1ccc(C(F)(F)F)cc1. The van der Waals surface area contributed by atoms with E-state index in [-0.39, 0.29) is 13.1 Å². The van der Waals surface area contributed by atoms with Crippen LogP contribution in [0.2, 0.25) is 0 Å². The summed E-state index contributed by atoms with van der Waals surface area (Å²) in [4.78, 5) is 4.79. The zero-order chi connectivity index (χ0) is 18.1. The second kappa shape index (κ2) is 6.25. The molecule has 2 rings (SSSR count). The molecule has 1 unspecified atom stereocenters. The van der Waals surface area contributed by atoms with E-state index in [1.807, 2.05) is 0 Å². The van der Waals surface area contributed by atoms with Crippen LogP contribution in [-0.4, -0.2) is 35.2 Å². The highest BCUT2D eigenvalue weighted by Crippen LogP contribution is 2.34. The minimum absolute atomic E-state index is 0.122. The number of guanidine groups is 1. The molecule has 5 nitrogen and oxygen atoms in total. The van der Waals surface area contributed by atoms with Crippen LogP contribution in [0.15, 0.2) is 29.3 Å². The summed E-state index contributed by atoms with van der Waals surface area (Å²) in [5.74, 6) is -4.13. The second-order valence-corrected chi connectivity index (χ2v) is 5.43. The van der Waals surface area contributed by atoms with E-state index in [9.17, 15) is 22.0 Å². The molecule has 24 heavy (non-hydrogen) atoms. The molecule has 1 aliphatic heterocycles. The summed E-state index contributed by atoms with van der Waals surface area (Å²) in [5.41, 5.74) is 10.5. The summed E-state index contributed by atoms with van der Waals surface area (Å²) in [6.45, 7) is -0.272.